The number of hydrogen-bond acceptors (Lipinski definition) is 1. The lowest BCUT2D eigenvalue weighted by atomic mass is 10.1. The summed E-state index contributed by atoms with van der Waals surface area (Å²) in [4.78, 5) is -0.205. The van der Waals surface area contributed by atoms with Gasteiger partial charge in [0.25, 0.3) is 0 Å². The standard InChI is InChI=1S/C17H18F3NOS/c1-13(2)10-11-14-7-5-6-12-21(14)23(22)16-9-4-3-8-15(16)17(18,19)20/h3-4,8-9,14H,1,5-7,12H2,2H3/t14-,23-/m0/s1. The van der Waals surface area contributed by atoms with E-state index in [2.05, 4.69) is 18.4 Å². The van der Waals surface area contributed by atoms with Gasteiger partial charge in [-0.05, 0) is 43.9 Å². The Kier molecular flexibility index (Phi) is 5.66. The zero-order valence-electron chi connectivity index (χ0n) is 12.8. The zero-order chi connectivity index (χ0) is 17.0. The van der Waals surface area contributed by atoms with Crippen LogP contribution in [0.15, 0.2) is 41.3 Å². The van der Waals surface area contributed by atoms with E-state index in [1.54, 1.807) is 11.2 Å². The lowest BCUT2D eigenvalue weighted by Crippen LogP contribution is -2.40. The Labute approximate surface area is 137 Å². The second kappa shape index (κ2) is 7.33. The summed E-state index contributed by atoms with van der Waals surface area (Å²) >= 11 is 0. The monoisotopic (exact) mass is 341 g/mol. The van der Waals surface area contributed by atoms with Gasteiger partial charge < -0.3 is 0 Å². The van der Waals surface area contributed by atoms with Crippen molar-refractivity contribution in [2.24, 2.45) is 0 Å². The van der Waals surface area contributed by atoms with Crippen molar-refractivity contribution >= 4 is 11.0 Å². The Morgan fingerprint density at radius 1 is 1.35 bits per heavy atom. The molecule has 2 atom stereocenters. The van der Waals surface area contributed by atoms with Gasteiger partial charge in [0.05, 0.1) is 16.5 Å². The van der Waals surface area contributed by atoms with Crippen molar-refractivity contribution < 1.29 is 17.4 Å². The minimum atomic E-state index is -4.53. The van der Waals surface area contributed by atoms with E-state index in [1.165, 1.54) is 18.2 Å². The van der Waals surface area contributed by atoms with Crippen molar-refractivity contribution in [2.75, 3.05) is 6.54 Å². The quantitative estimate of drug-likeness (QED) is 0.740. The molecule has 0 unspecified atom stereocenters. The smallest absolute Gasteiger partial charge is 0.237 e. The lowest BCUT2D eigenvalue weighted by Gasteiger charge is -2.31. The molecule has 0 aliphatic carbocycles. The number of allylic oxidation sites excluding steroid dienone is 1. The molecule has 124 valence electrons. The Morgan fingerprint density at radius 2 is 2.04 bits per heavy atom. The molecular formula is C17H18F3NOS. The van der Waals surface area contributed by atoms with Crippen LogP contribution < -0.4 is 0 Å². The van der Waals surface area contributed by atoms with Crippen molar-refractivity contribution in [3.05, 3.63) is 42.0 Å². The average molecular weight is 341 g/mol. The fraction of sp³-hybridized carbons (Fsp3) is 0.412. The highest BCUT2D eigenvalue weighted by Gasteiger charge is 2.37. The van der Waals surface area contributed by atoms with Crippen LogP contribution in [0, 0.1) is 11.8 Å². The molecule has 1 aromatic carbocycles. The van der Waals surface area contributed by atoms with Crippen molar-refractivity contribution in [3.8, 4) is 11.8 Å². The van der Waals surface area contributed by atoms with Gasteiger partial charge in [-0.2, -0.15) is 13.2 Å². The van der Waals surface area contributed by atoms with E-state index in [4.69, 9.17) is 0 Å². The van der Waals surface area contributed by atoms with Crippen molar-refractivity contribution in [1.82, 2.24) is 4.31 Å². The maximum absolute atomic E-state index is 13.1. The number of benzene rings is 1. The topological polar surface area (TPSA) is 20.3 Å². The van der Waals surface area contributed by atoms with Crippen LogP contribution in [-0.4, -0.2) is 21.1 Å². The molecule has 6 heteroatoms. The Hall–Kier alpha value is -1.58. The Bertz CT molecular complexity index is 672. The molecule has 0 bridgehead atoms. The Balaban J connectivity index is 2.35. The maximum atomic E-state index is 13.1. The predicted molar refractivity (Wildman–Crippen MR) is 84.8 cm³/mol. The van der Waals surface area contributed by atoms with Gasteiger partial charge in [0.15, 0.2) is 0 Å². The summed E-state index contributed by atoms with van der Waals surface area (Å²) in [5, 5.41) is 0. The first-order valence-electron chi connectivity index (χ1n) is 7.32. The SMILES string of the molecule is C=C(C)C#C[C@@H]1CCCCN1[S@@](=O)c1ccccc1C(F)(F)F. The highest BCUT2D eigenvalue weighted by atomic mass is 32.2. The van der Waals surface area contributed by atoms with Crippen LogP contribution in [0.5, 0.6) is 0 Å². The van der Waals surface area contributed by atoms with Gasteiger partial charge in [0.2, 0.25) is 0 Å². The molecule has 1 aromatic rings. The summed E-state index contributed by atoms with van der Waals surface area (Å²) in [6.45, 7) is 5.92. The molecule has 23 heavy (non-hydrogen) atoms. The van der Waals surface area contributed by atoms with E-state index in [1.807, 2.05) is 0 Å². The van der Waals surface area contributed by atoms with E-state index < -0.39 is 22.7 Å². The second-order valence-corrected chi connectivity index (χ2v) is 6.85. The van der Waals surface area contributed by atoms with Gasteiger partial charge in [-0.25, -0.2) is 8.51 Å². The minimum absolute atomic E-state index is 0.205. The molecule has 2 rings (SSSR count). The van der Waals surface area contributed by atoms with Gasteiger partial charge in [0, 0.05) is 6.54 Å². The van der Waals surface area contributed by atoms with Gasteiger partial charge >= 0.3 is 6.18 Å². The molecule has 1 saturated heterocycles. The number of piperidine rings is 1. The molecule has 0 saturated carbocycles. The van der Waals surface area contributed by atoms with E-state index >= 15 is 0 Å². The number of nitrogens with zero attached hydrogens (tertiary/aromatic N) is 1. The molecule has 0 N–H and O–H groups in total. The summed E-state index contributed by atoms with van der Waals surface area (Å²) in [5.41, 5.74) is -0.174. The summed E-state index contributed by atoms with van der Waals surface area (Å²) in [7, 11) is -1.89. The maximum Gasteiger partial charge on any atom is 0.417 e. The zero-order valence-corrected chi connectivity index (χ0v) is 13.6. The van der Waals surface area contributed by atoms with Crippen LogP contribution in [0.3, 0.4) is 0 Å². The van der Waals surface area contributed by atoms with E-state index in [-0.39, 0.29) is 10.9 Å². The molecule has 0 spiro atoms. The number of halogens is 3. The van der Waals surface area contributed by atoms with Gasteiger partial charge in [-0.3, -0.25) is 0 Å². The molecule has 2 nitrogen and oxygen atoms in total. The second-order valence-electron chi connectivity index (χ2n) is 5.45. The van der Waals surface area contributed by atoms with Crippen LogP contribution in [0.25, 0.3) is 0 Å². The first-order chi connectivity index (χ1) is 10.8. The molecule has 1 heterocycles. The van der Waals surface area contributed by atoms with Gasteiger partial charge in [-0.1, -0.05) is 30.6 Å². The van der Waals surface area contributed by atoms with E-state index in [0.29, 0.717) is 18.5 Å². The highest BCUT2D eigenvalue weighted by molar-refractivity contribution is 7.82. The largest absolute Gasteiger partial charge is 0.417 e. The molecular weight excluding hydrogens is 323 g/mol. The summed E-state index contributed by atoms with van der Waals surface area (Å²) < 4.78 is 53.7. The van der Waals surface area contributed by atoms with Crippen LogP contribution in [0.2, 0.25) is 0 Å². The number of rotatable bonds is 2. The van der Waals surface area contributed by atoms with Crippen LogP contribution in [-0.2, 0) is 17.2 Å². The number of alkyl halides is 3. The summed E-state index contributed by atoms with van der Waals surface area (Å²) in [6, 6.07) is 4.70. The molecule has 1 aliphatic heterocycles. The first kappa shape index (κ1) is 17.8. The first-order valence-corrected chi connectivity index (χ1v) is 8.43. The number of hydrogen-bond donors (Lipinski definition) is 0. The van der Waals surface area contributed by atoms with Crippen LogP contribution in [0.4, 0.5) is 13.2 Å². The lowest BCUT2D eigenvalue weighted by molar-refractivity contribution is -0.139. The third-order valence-electron chi connectivity index (χ3n) is 3.50. The van der Waals surface area contributed by atoms with Gasteiger partial charge in [0.1, 0.15) is 11.0 Å². The van der Waals surface area contributed by atoms with Gasteiger partial charge in [-0.15, -0.1) is 0 Å². The van der Waals surface area contributed by atoms with Crippen LogP contribution >= 0.6 is 0 Å². The third-order valence-corrected chi connectivity index (χ3v) is 5.09. The summed E-state index contributed by atoms with van der Waals surface area (Å²) in [5.74, 6) is 5.84. The third kappa shape index (κ3) is 4.46. The molecule has 0 radical (unpaired) electrons. The summed E-state index contributed by atoms with van der Waals surface area (Å²) in [6.07, 6.45) is -2.11. The van der Waals surface area contributed by atoms with Crippen molar-refractivity contribution in [2.45, 2.75) is 43.3 Å². The fourth-order valence-corrected chi connectivity index (χ4v) is 3.94. The molecule has 0 aromatic heterocycles. The van der Waals surface area contributed by atoms with E-state index in [0.717, 1.165) is 18.9 Å². The molecule has 0 amide bonds. The molecule has 1 aliphatic rings. The fourth-order valence-electron chi connectivity index (χ4n) is 2.43. The highest BCUT2D eigenvalue weighted by Crippen LogP contribution is 2.35. The van der Waals surface area contributed by atoms with E-state index in [9.17, 15) is 17.4 Å². The van der Waals surface area contributed by atoms with Crippen molar-refractivity contribution in [1.29, 1.82) is 0 Å². The van der Waals surface area contributed by atoms with Crippen LogP contribution in [0.1, 0.15) is 31.7 Å². The normalized spacial score (nSPS) is 20.4. The Morgan fingerprint density at radius 3 is 2.70 bits per heavy atom. The average Bonchev–Trinajstić information content (AvgIpc) is 2.51. The minimum Gasteiger partial charge on any atom is -0.237 e. The predicted octanol–water partition coefficient (Wildman–Crippen LogP) is 4.16. The molecule has 1 fully saturated rings. The van der Waals surface area contributed by atoms with Crippen molar-refractivity contribution in [3.63, 3.8) is 0 Å².